The van der Waals surface area contributed by atoms with Gasteiger partial charge in [-0.2, -0.15) is 5.10 Å². The van der Waals surface area contributed by atoms with E-state index in [1.165, 1.54) is 5.56 Å². The molecule has 0 aliphatic heterocycles. The molecule has 0 amide bonds. The smallest absolute Gasteiger partial charge is 0.191 e. The average Bonchev–Trinajstić information content (AvgIpc) is 3.40. The van der Waals surface area contributed by atoms with Crippen LogP contribution in [0.1, 0.15) is 36.4 Å². The molecule has 0 unspecified atom stereocenters. The van der Waals surface area contributed by atoms with Gasteiger partial charge in [-0.25, -0.2) is 4.68 Å². The van der Waals surface area contributed by atoms with Crippen LogP contribution in [-0.4, -0.2) is 34.5 Å². The van der Waals surface area contributed by atoms with Crippen molar-refractivity contribution in [3.8, 4) is 5.69 Å². The van der Waals surface area contributed by atoms with Crippen molar-refractivity contribution in [3.05, 3.63) is 65.3 Å². The molecule has 0 aliphatic carbocycles. The molecule has 0 aliphatic rings. The zero-order valence-electron chi connectivity index (χ0n) is 17.2. The molecule has 7 nitrogen and oxygen atoms in total. The maximum Gasteiger partial charge on any atom is 0.191 e. The minimum atomic E-state index is 0. The molecule has 156 valence electrons. The van der Waals surface area contributed by atoms with E-state index in [1.807, 2.05) is 16.9 Å². The first-order chi connectivity index (χ1) is 13.7. The molecule has 0 saturated heterocycles. The van der Waals surface area contributed by atoms with Gasteiger partial charge in [0.1, 0.15) is 5.76 Å². The predicted molar refractivity (Wildman–Crippen MR) is 126 cm³/mol. The quantitative estimate of drug-likeness (QED) is 0.277. The Labute approximate surface area is 189 Å². The van der Waals surface area contributed by atoms with Crippen LogP contribution in [0.4, 0.5) is 0 Å². The minimum Gasteiger partial charge on any atom is -0.361 e. The van der Waals surface area contributed by atoms with Crippen LogP contribution >= 0.6 is 24.0 Å². The van der Waals surface area contributed by atoms with E-state index in [4.69, 9.17) is 4.52 Å². The summed E-state index contributed by atoms with van der Waals surface area (Å²) >= 11 is 0. The number of nitrogens with one attached hydrogen (secondary N) is 2. The minimum absolute atomic E-state index is 0. The molecule has 8 heteroatoms. The lowest BCUT2D eigenvalue weighted by atomic mass is 10.1. The van der Waals surface area contributed by atoms with Crippen LogP contribution in [0, 0.1) is 0 Å². The van der Waals surface area contributed by atoms with Gasteiger partial charge in [-0.1, -0.05) is 31.1 Å². The monoisotopic (exact) mass is 508 g/mol. The zero-order chi connectivity index (χ0) is 19.8. The van der Waals surface area contributed by atoms with Gasteiger partial charge in [0.2, 0.25) is 0 Å². The highest BCUT2D eigenvalue weighted by atomic mass is 127. The molecule has 0 radical (unpaired) electrons. The molecule has 2 heterocycles. The van der Waals surface area contributed by atoms with Crippen molar-refractivity contribution >= 4 is 29.9 Å². The number of rotatable bonds is 8. The van der Waals surface area contributed by atoms with E-state index in [9.17, 15) is 0 Å². The molecule has 2 aromatic heterocycles. The number of hydrogen-bond donors (Lipinski definition) is 2. The zero-order valence-corrected chi connectivity index (χ0v) is 19.5. The summed E-state index contributed by atoms with van der Waals surface area (Å²) in [6, 6.07) is 10.4. The standard InChI is InChI=1S/C21H28N6O.HI/c1-4-19-18(20(5-2)28-26-19)15-24-21(22-3)23-13-11-16-7-9-17(10-8-16)27-14-6-12-25-27;/h6-10,12,14H,4-5,11,13,15H2,1-3H3,(H2,22,23,24);1H. The van der Waals surface area contributed by atoms with Crippen molar-refractivity contribution in [2.45, 2.75) is 39.7 Å². The Kier molecular flexibility index (Phi) is 9.17. The maximum atomic E-state index is 5.42. The third-order valence-electron chi connectivity index (χ3n) is 4.67. The van der Waals surface area contributed by atoms with Crippen molar-refractivity contribution in [3.63, 3.8) is 0 Å². The average molecular weight is 508 g/mol. The van der Waals surface area contributed by atoms with Crippen molar-refractivity contribution in [2.24, 2.45) is 4.99 Å². The van der Waals surface area contributed by atoms with E-state index in [0.717, 1.165) is 54.5 Å². The lowest BCUT2D eigenvalue weighted by Crippen LogP contribution is -2.38. The highest BCUT2D eigenvalue weighted by Gasteiger charge is 2.13. The van der Waals surface area contributed by atoms with E-state index in [2.05, 4.69) is 64.0 Å². The number of hydrogen-bond acceptors (Lipinski definition) is 4. The highest BCUT2D eigenvalue weighted by Crippen LogP contribution is 2.15. The fourth-order valence-corrected chi connectivity index (χ4v) is 3.09. The van der Waals surface area contributed by atoms with E-state index >= 15 is 0 Å². The summed E-state index contributed by atoms with van der Waals surface area (Å²) in [6.07, 6.45) is 6.33. The molecule has 2 N–H and O–H groups in total. The largest absolute Gasteiger partial charge is 0.361 e. The Morgan fingerprint density at radius 1 is 1.14 bits per heavy atom. The summed E-state index contributed by atoms with van der Waals surface area (Å²) in [4.78, 5) is 4.31. The molecule has 0 fully saturated rings. The molecule has 0 bridgehead atoms. The number of halogens is 1. The molecular formula is C21H29IN6O. The Morgan fingerprint density at radius 3 is 2.55 bits per heavy atom. The number of aryl methyl sites for hydroxylation is 2. The second-order valence-corrected chi connectivity index (χ2v) is 6.46. The van der Waals surface area contributed by atoms with Gasteiger partial charge < -0.3 is 15.2 Å². The van der Waals surface area contributed by atoms with Gasteiger partial charge in [-0.3, -0.25) is 4.99 Å². The third kappa shape index (κ3) is 6.06. The summed E-state index contributed by atoms with van der Waals surface area (Å²) in [5.41, 5.74) is 4.48. The van der Waals surface area contributed by atoms with Gasteiger partial charge in [-0.05, 0) is 36.6 Å². The van der Waals surface area contributed by atoms with Gasteiger partial charge in [-0.15, -0.1) is 24.0 Å². The Morgan fingerprint density at radius 2 is 1.93 bits per heavy atom. The van der Waals surface area contributed by atoms with Crippen LogP contribution in [0.25, 0.3) is 5.69 Å². The number of aromatic nitrogens is 3. The normalized spacial score (nSPS) is 11.2. The number of guanidine groups is 1. The molecule has 0 saturated carbocycles. The van der Waals surface area contributed by atoms with E-state index < -0.39 is 0 Å². The number of nitrogens with zero attached hydrogens (tertiary/aromatic N) is 4. The van der Waals surface area contributed by atoms with Crippen molar-refractivity contribution in [1.29, 1.82) is 0 Å². The van der Waals surface area contributed by atoms with Gasteiger partial charge >= 0.3 is 0 Å². The van der Waals surface area contributed by atoms with E-state index in [0.29, 0.717) is 6.54 Å². The van der Waals surface area contributed by atoms with Crippen molar-refractivity contribution < 1.29 is 4.52 Å². The van der Waals surface area contributed by atoms with Crippen LogP contribution in [0.5, 0.6) is 0 Å². The highest BCUT2D eigenvalue weighted by molar-refractivity contribution is 14.0. The number of benzene rings is 1. The molecule has 3 aromatic rings. The maximum absolute atomic E-state index is 5.42. The second kappa shape index (κ2) is 11.6. The van der Waals surface area contributed by atoms with Gasteiger partial charge in [0.15, 0.2) is 5.96 Å². The van der Waals surface area contributed by atoms with Crippen molar-refractivity contribution in [1.82, 2.24) is 25.6 Å². The third-order valence-corrected chi connectivity index (χ3v) is 4.67. The Bertz CT molecular complexity index is 865. The first-order valence-corrected chi connectivity index (χ1v) is 9.74. The molecular weight excluding hydrogens is 479 g/mol. The Balaban J connectivity index is 0.00000300. The van der Waals surface area contributed by atoms with Crippen LogP contribution in [0.3, 0.4) is 0 Å². The van der Waals surface area contributed by atoms with Crippen LogP contribution < -0.4 is 10.6 Å². The molecule has 29 heavy (non-hydrogen) atoms. The first-order valence-electron chi connectivity index (χ1n) is 9.74. The molecule has 3 rings (SSSR count). The summed E-state index contributed by atoms with van der Waals surface area (Å²) in [6.45, 7) is 5.62. The van der Waals surface area contributed by atoms with Gasteiger partial charge in [0.05, 0.1) is 11.4 Å². The lowest BCUT2D eigenvalue weighted by Gasteiger charge is -2.12. The molecule has 0 atom stereocenters. The molecule has 0 spiro atoms. The predicted octanol–water partition coefficient (Wildman–Crippen LogP) is 3.51. The van der Waals surface area contributed by atoms with Crippen molar-refractivity contribution in [2.75, 3.05) is 13.6 Å². The number of aliphatic imine (C=N–C) groups is 1. The first kappa shape index (κ1) is 22.9. The van der Waals surface area contributed by atoms with Crippen LogP contribution in [0.15, 0.2) is 52.2 Å². The summed E-state index contributed by atoms with van der Waals surface area (Å²) in [5.74, 6) is 1.72. The van der Waals surface area contributed by atoms with Crippen LogP contribution in [-0.2, 0) is 25.8 Å². The van der Waals surface area contributed by atoms with E-state index in [1.54, 1.807) is 13.2 Å². The van der Waals surface area contributed by atoms with Gasteiger partial charge in [0.25, 0.3) is 0 Å². The fraction of sp³-hybridized carbons (Fsp3) is 0.381. The summed E-state index contributed by atoms with van der Waals surface area (Å²) < 4.78 is 7.28. The fourth-order valence-electron chi connectivity index (χ4n) is 3.09. The Hall–Kier alpha value is -2.36. The molecule has 1 aromatic carbocycles. The van der Waals surface area contributed by atoms with E-state index in [-0.39, 0.29) is 24.0 Å². The second-order valence-electron chi connectivity index (χ2n) is 6.46. The summed E-state index contributed by atoms with van der Waals surface area (Å²) in [7, 11) is 1.78. The lowest BCUT2D eigenvalue weighted by molar-refractivity contribution is 0.380. The van der Waals surface area contributed by atoms with Gasteiger partial charge in [0, 0.05) is 44.5 Å². The summed E-state index contributed by atoms with van der Waals surface area (Å²) in [5, 5.41) is 15.1. The SMILES string of the molecule is CCc1noc(CC)c1CNC(=NC)NCCc1ccc(-n2cccn2)cc1.I. The van der Waals surface area contributed by atoms with Crippen LogP contribution in [0.2, 0.25) is 0 Å². The topological polar surface area (TPSA) is 80.3 Å².